The number of pyridine rings is 1. The second-order valence-corrected chi connectivity index (χ2v) is 5.93. The first-order valence-corrected chi connectivity index (χ1v) is 7.32. The Morgan fingerprint density at radius 1 is 1.28 bits per heavy atom. The zero-order chi connectivity index (χ0) is 13.5. The molecular formula is C11H13N3O3S. The van der Waals surface area contributed by atoms with Crippen LogP contribution in [0.3, 0.4) is 0 Å². The van der Waals surface area contributed by atoms with Crippen molar-refractivity contribution >= 4 is 20.9 Å². The van der Waals surface area contributed by atoms with E-state index in [2.05, 4.69) is 9.97 Å². The predicted octanol–water partition coefficient (Wildman–Crippen LogP) is 0.523. The van der Waals surface area contributed by atoms with Crippen LogP contribution in [0.25, 0.3) is 11.0 Å². The Morgan fingerprint density at radius 2 is 1.94 bits per heavy atom. The minimum absolute atomic E-state index is 0.206. The Morgan fingerprint density at radius 3 is 2.50 bits per heavy atom. The highest BCUT2D eigenvalue weighted by Crippen LogP contribution is 2.15. The average molecular weight is 267 g/mol. The van der Waals surface area contributed by atoms with Crippen molar-refractivity contribution in [2.75, 3.05) is 6.26 Å². The van der Waals surface area contributed by atoms with Crippen molar-refractivity contribution in [1.29, 1.82) is 0 Å². The third-order valence-electron chi connectivity index (χ3n) is 2.66. The van der Waals surface area contributed by atoms with Gasteiger partial charge in [0.15, 0.2) is 0 Å². The molecule has 2 aromatic heterocycles. The van der Waals surface area contributed by atoms with E-state index in [1.54, 1.807) is 19.9 Å². The first-order chi connectivity index (χ1) is 8.34. The molecule has 7 heteroatoms. The highest BCUT2D eigenvalue weighted by Gasteiger charge is 2.15. The normalized spacial score (nSPS) is 11.9. The Hall–Kier alpha value is -1.76. The lowest BCUT2D eigenvalue weighted by molar-refractivity contribution is 0.592. The average Bonchev–Trinajstić information content (AvgIpc) is 2.27. The molecule has 0 atom stereocenters. The first kappa shape index (κ1) is 12.7. The highest BCUT2D eigenvalue weighted by atomic mass is 32.2. The maximum Gasteiger partial charge on any atom is 0.252 e. The van der Waals surface area contributed by atoms with Crippen molar-refractivity contribution in [3.05, 3.63) is 28.2 Å². The standard InChI is InChI=1S/C11H13N3O3S/c1-4-14-9(15)6-5-8-7(2)12-11(13-10(8)14)18(3,16)17/h5-6H,4H2,1-3H3. The number of hydrogen-bond acceptors (Lipinski definition) is 5. The summed E-state index contributed by atoms with van der Waals surface area (Å²) in [5, 5.41) is 0.434. The number of hydrogen-bond donors (Lipinski definition) is 0. The van der Waals surface area contributed by atoms with E-state index in [1.165, 1.54) is 10.6 Å². The van der Waals surface area contributed by atoms with E-state index in [9.17, 15) is 13.2 Å². The summed E-state index contributed by atoms with van der Waals surface area (Å²) in [6.07, 6.45) is 1.05. The van der Waals surface area contributed by atoms with E-state index in [1.807, 2.05) is 0 Å². The molecule has 0 radical (unpaired) electrons. The Bertz CT molecular complexity index is 778. The number of nitrogens with zero attached hydrogens (tertiary/aromatic N) is 3. The zero-order valence-corrected chi connectivity index (χ0v) is 11.2. The van der Waals surface area contributed by atoms with Gasteiger partial charge < -0.3 is 0 Å². The van der Waals surface area contributed by atoms with Crippen LogP contribution in [0.15, 0.2) is 22.1 Å². The Balaban J connectivity index is 2.98. The lowest BCUT2D eigenvalue weighted by Crippen LogP contribution is -2.20. The van der Waals surface area contributed by atoms with Crippen molar-refractivity contribution in [3.8, 4) is 0 Å². The van der Waals surface area contributed by atoms with E-state index in [0.29, 0.717) is 23.3 Å². The minimum atomic E-state index is -3.49. The molecule has 0 fully saturated rings. The molecule has 0 aromatic carbocycles. The number of sulfone groups is 1. The van der Waals surface area contributed by atoms with Crippen molar-refractivity contribution in [1.82, 2.24) is 14.5 Å². The topological polar surface area (TPSA) is 81.9 Å². The molecule has 2 rings (SSSR count). The number of aryl methyl sites for hydroxylation is 2. The second kappa shape index (κ2) is 4.16. The van der Waals surface area contributed by atoms with E-state index in [-0.39, 0.29) is 10.7 Å². The van der Waals surface area contributed by atoms with Gasteiger partial charge in [0, 0.05) is 24.3 Å². The summed E-state index contributed by atoms with van der Waals surface area (Å²) in [4.78, 5) is 19.7. The largest absolute Gasteiger partial charge is 0.293 e. The van der Waals surface area contributed by atoms with Crippen LogP contribution in [-0.2, 0) is 16.4 Å². The number of fused-ring (bicyclic) bond motifs is 1. The molecule has 0 amide bonds. The second-order valence-electron chi connectivity index (χ2n) is 4.02. The van der Waals surface area contributed by atoms with Crippen molar-refractivity contribution in [3.63, 3.8) is 0 Å². The third kappa shape index (κ3) is 2.01. The summed E-state index contributed by atoms with van der Waals surface area (Å²) in [6.45, 7) is 3.93. The molecule has 0 N–H and O–H groups in total. The lowest BCUT2D eigenvalue weighted by Gasteiger charge is -2.09. The Labute approximate surface area is 104 Å². The van der Waals surface area contributed by atoms with Gasteiger partial charge in [-0.25, -0.2) is 13.4 Å². The van der Waals surface area contributed by atoms with Crippen LogP contribution in [0.2, 0.25) is 0 Å². The third-order valence-corrected chi connectivity index (χ3v) is 3.50. The number of aromatic nitrogens is 3. The molecule has 0 bridgehead atoms. The molecule has 2 heterocycles. The molecule has 0 aliphatic rings. The maximum absolute atomic E-state index is 11.7. The smallest absolute Gasteiger partial charge is 0.252 e. The van der Waals surface area contributed by atoms with Gasteiger partial charge in [0.2, 0.25) is 15.0 Å². The molecule has 0 spiro atoms. The molecule has 18 heavy (non-hydrogen) atoms. The van der Waals surface area contributed by atoms with Gasteiger partial charge in [-0.05, 0) is 19.9 Å². The molecule has 2 aromatic rings. The molecule has 6 nitrogen and oxygen atoms in total. The lowest BCUT2D eigenvalue weighted by atomic mass is 10.2. The molecule has 0 saturated heterocycles. The van der Waals surface area contributed by atoms with E-state index < -0.39 is 9.84 Å². The fraction of sp³-hybridized carbons (Fsp3) is 0.364. The fourth-order valence-electron chi connectivity index (χ4n) is 1.76. The quantitative estimate of drug-likeness (QED) is 0.741. The van der Waals surface area contributed by atoms with Gasteiger partial charge in [-0.15, -0.1) is 0 Å². The summed E-state index contributed by atoms with van der Waals surface area (Å²) >= 11 is 0. The monoisotopic (exact) mass is 267 g/mol. The molecule has 0 saturated carbocycles. The van der Waals surface area contributed by atoms with Gasteiger partial charge in [-0.1, -0.05) is 0 Å². The van der Waals surface area contributed by atoms with Crippen LogP contribution in [0.4, 0.5) is 0 Å². The summed E-state index contributed by atoms with van der Waals surface area (Å²) in [5.74, 6) is 0. The molecule has 96 valence electrons. The molecular weight excluding hydrogens is 254 g/mol. The molecule has 0 unspecified atom stereocenters. The van der Waals surface area contributed by atoms with Crippen LogP contribution in [0.5, 0.6) is 0 Å². The minimum Gasteiger partial charge on any atom is -0.293 e. The van der Waals surface area contributed by atoms with Crippen molar-refractivity contribution < 1.29 is 8.42 Å². The molecule has 0 aliphatic heterocycles. The van der Waals surface area contributed by atoms with Crippen LogP contribution < -0.4 is 5.56 Å². The van der Waals surface area contributed by atoms with Gasteiger partial charge in [0.25, 0.3) is 5.56 Å². The Kier molecular flexibility index (Phi) is 2.94. The number of rotatable bonds is 2. The first-order valence-electron chi connectivity index (χ1n) is 5.43. The van der Waals surface area contributed by atoms with Gasteiger partial charge in [0.1, 0.15) is 5.65 Å². The van der Waals surface area contributed by atoms with Crippen molar-refractivity contribution in [2.45, 2.75) is 25.5 Å². The van der Waals surface area contributed by atoms with Gasteiger partial charge in [-0.3, -0.25) is 9.36 Å². The zero-order valence-electron chi connectivity index (χ0n) is 10.3. The summed E-state index contributed by atoms with van der Waals surface area (Å²) in [7, 11) is -3.49. The van der Waals surface area contributed by atoms with Crippen molar-refractivity contribution in [2.24, 2.45) is 0 Å². The van der Waals surface area contributed by atoms with E-state index in [4.69, 9.17) is 0 Å². The van der Waals surface area contributed by atoms with Gasteiger partial charge >= 0.3 is 0 Å². The summed E-state index contributed by atoms with van der Waals surface area (Å²) in [5.41, 5.74) is 0.697. The summed E-state index contributed by atoms with van der Waals surface area (Å²) in [6, 6.07) is 3.05. The predicted molar refractivity (Wildman–Crippen MR) is 67.3 cm³/mol. The maximum atomic E-state index is 11.7. The summed E-state index contributed by atoms with van der Waals surface area (Å²) < 4.78 is 24.4. The van der Waals surface area contributed by atoms with E-state index >= 15 is 0 Å². The fourth-order valence-corrected chi connectivity index (χ4v) is 2.32. The van der Waals surface area contributed by atoms with Gasteiger partial charge in [-0.2, -0.15) is 4.98 Å². The SMILES string of the molecule is CCn1c(=O)ccc2c(C)nc(S(C)(=O)=O)nc21. The van der Waals surface area contributed by atoms with E-state index in [0.717, 1.165) is 6.26 Å². The van der Waals surface area contributed by atoms with Crippen LogP contribution >= 0.6 is 0 Å². The molecule has 0 aliphatic carbocycles. The van der Waals surface area contributed by atoms with Crippen LogP contribution in [0, 0.1) is 6.92 Å². The highest BCUT2D eigenvalue weighted by molar-refractivity contribution is 7.90. The van der Waals surface area contributed by atoms with Crippen LogP contribution in [-0.4, -0.2) is 29.2 Å². The van der Waals surface area contributed by atoms with Crippen LogP contribution in [0.1, 0.15) is 12.6 Å². The van der Waals surface area contributed by atoms with Gasteiger partial charge in [0.05, 0.1) is 5.69 Å².